The first kappa shape index (κ1) is 13.6. The average molecular weight is 260 g/mol. The van der Waals surface area contributed by atoms with Gasteiger partial charge in [-0.3, -0.25) is 4.79 Å². The van der Waals surface area contributed by atoms with Crippen LogP contribution in [0.2, 0.25) is 0 Å². The first-order valence-electron chi connectivity index (χ1n) is 6.67. The quantitative estimate of drug-likeness (QED) is 0.865. The number of amides is 1. The summed E-state index contributed by atoms with van der Waals surface area (Å²) in [5.74, 6) is -0.0843. The SMILES string of the molecule is CCn1c(C(=O)NC(C)CCO)cc2ccccc21. The summed E-state index contributed by atoms with van der Waals surface area (Å²) in [6.45, 7) is 4.76. The van der Waals surface area contributed by atoms with Crippen molar-refractivity contribution in [2.24, 2.45) is 0 Å². The normalized spacial score (nSPS) is 12.6. The summed E-state index contributed by atoms with van der Waals surface area (Å²) in [5.41, 5.74) is 1.75. The molecule has 0 aliphatic rings. The monoisotopic (exact) mass is 260 g/mol. The molecule has 1 heterocycles. The standard InChI is InChI=1S/C15H20N2O2/c1-3-17-13-7-5-4-6-12(13)10-14(17)15(19)16-11(2)8-9-18/h4-7,10-11,18H,3,8-9H2,1-2H3,(H,16,19). The molecule has 19 heavy (non-hydrogen) atoms. The predicted molar refractivity (Wildman–Crippen MR) is 76.2 cm³/mol. The van der Waals surface area contributed by atoms with Gasteiger partial charge >= 0.3 is 0 Å². The highest BCUT2D eigenvalue weighted by Gasteiger charge is 2.15. The zero-order chi connectivity index (χ0) is 13.8. The van der Waals surface area contributed by atoms with Crippen molar-refractivity contribution in [1.29, 1.82) is 0 Å². The average Bonchev–Trinajstić information content (AvgIpc) is 2.77. The van der Waals surface area contributed by atoms with E-state index in [2.05, 4.69) is 5.32 Å². The van der Waals surface area contributed by atoms with Gasteiger partial charge in [-0.15, -0.1) is 0 Å². The number of hydrogen-bond donors (Lipinski definition) is 2. The summed E-state index contributed by atoms with van der Waals surface area (Å²) < 4.78 is 2.01. The van der Waals surface area contributed by atoms with Gasteiger partial charge in [0.2, 0.25) is 0 Å². The van der Waals surface area contributed by atoms with Crippen LogP contribution in [0.3, 0.4) is 0 Å². The van der Waals surface area contributed by atoms with Crippen molar-refractivity contribution in [3.8, 4) is 0 Å². The lowest BCUT2D eigenvalue weighted by atomic mass is 10.2. The van der Waals surface area contributed by atoms with E-state index in [4.69, 9.17) is 5.11 Å². The number of carbonyl (C=O) groups excluding carboxylic acids is 1. The van der Waals surface area contributed by atoms with Crippen LogP contribution < -0.4 is 5.32 Å². The van der Waals surface area contributed by atoms with Crippen molar-refractivity contribution in [2.45, 2.75) is 32.9 Å². The topological polar surface area (TPSA) is 54.3 Å². The first-order valence-corrected chi connectivity index (χ1v) is 6.67. The molecule has 0 spiro atoms. The smallest absolute Gasteiger partial charge is 0.268 e. The van der Waals surface area contributed by atoms with Crippen molar-refractivity contribution < 1.29 is 9.90 Å². The molecule has 0 saturated heterocycles. The van der Waals surface area contributed by atoms with Crippen LogP contribution in [0.15, 0.2) is 30.3 Å². The van der Waals surface area contributed by atoms with Crippen LogP contribution in [-0.2, 0) is 6.54 Å². The van der Waals surface area contributed by atoms with E-state index in [1.165, 1.54) is 0 Å². The lowest BCUT2D eigenvalue weighted by Gasteiger charge is -2.13. The Hall–Kier alpha value is -1.81. The Bertz CT molecular complexity index is 575. The largest absolute Gasteiger partial charge is 0.396 e. The van der Waals surface area contributed by atoms with Gasteiger partial charge in [-0.2, -0.15) is 0 Å². The molecule has 102 valence electrons. The number of hydrogen-bond acceptors (Lipinski definition) is 2. The van der Waals surface area contributed by atoms with Gasteiger partial charge in [0.1, 0.15) is 5.69 Å². The number of nitrogens with zero attached hydrogens (tertiary/aromatic N) is 1. The van der Waals surface area contributed by atoms with E-state index < -0.39 is 0 Å². The van der Waals surface area contributed by atoms with E-state index in [9.17, 15) is 4.79 Å². The summed E-state index contributed by atoms with van der Waals surface area (Å²) in [4.78, 5) is 12.3. The zero-order valence-corrected chi connectivity index (χ0v) is 11.4. The number of nitrogens with one attached hydrogen (secondary N) is 1. The highest BCUT2D eigenvalue weighted by Crippen LogP contribution is 2.19. The molecule has 0 radical (unpaired) electrons. The third-order valence-electron chi connectivity index (χ3n) is 3.30. The van der Waals surface area contributed by atoms with Gasteiger partial charge < -0.3 is 15.0 Å². The summed E-state index contributed by atoms with van der Waals surface area (Å²) in [6, 6.07) is 9.87. The maximum Gasteiger partial charge on any atom is 0.268 e. The molecular formula is C15H20N2O2. The van der Waals surface area contributed by atoms with E-state index in [0.717, 1.165) is 17.4 Å². The Kier molecular flexibility index (Phi) is 4.22. The van der Waals surface area contributed by atoms with Crippen molar-refractivity contribution in [1.82, 2.24) is 9.88 Å². The van der Waals surface area contributed by atoms with Gasteiger partial charge in [-0.1, -0.05) is 18.2 Å². The number of aliphatic hydroxyl groups excluding tert-OH is 1. The van der Waals surface area contributed by atoms with Crippen LogP contribution >= 0.6 is 0 Å². The first-order chi connectivity index (χ1) is 9.17. The number of aryl methyl sites for hydroxylation is 1. The number of aliphatic hydroxyl groups is 1. The molecule has 2 rings (SSSR count). The van der Waals surface area contributed by atoms with E-state index in [0.29, 0.717) is 12.1 Å². The molecule has 0 bridgehead atoms. The molecule has 1 amide bonds. The van der Waals surface area contributed by atoms with Crippen molar-refractivity contribution in [3.05, 3.63) is 36.0 Å². The molecule has 0 aliphatic heterocycles. The van der Waals surface area contributed by atoms with Gasteiger partial charge in [0.25, 0.3) is 5.91 Å². The van der Waals surface area contributed by atoms with Crippen molar-refractivity contribution in [3.63, 3.8) is 0 Å². The Morgan fingerprint density at radius 1 is 1.42 bits per heavy atom. The minimum Gasteiger partial charge on any atom is -0.396 e. The fraction of sp³-hybridized carbons (Fsp3) is 0.400. The van der Waals surface area contributed by atoms with Crippen molar-refractivity contribution in [2.75, 3.05) is 6.61 Å². The third kappa shape index (κ3) is 2.79. The molecule has 1 aromatic carbocycles. The van der Waals surface area contributed by atoms with E-state index in [1.54, 1.807) is 0 Å². The maximum atomic E-state index is 12.3. The van der Waals surface area contributed by atoms with E-state index in [1.807, 2.05) is 48.7 Å². The number of para-hydroxylation sites is 1. The molecule has 0 saturated carbocycles. The number of benzene rings is 1. The molecule has 4 nitrogen and oxygen atoms in total. The Morgan fingerprint density at radius 3 is 2.84 bits per heavy atom. The van der Waals surface area contributed by atoms with Crippen LogP contribution in [0, 0.1) is 0 Å². The fourth-order valence-electron chi connectivity index (χ4n) is 2.30. The Balaban J connectivity index is 2.31. The molecule has 0 fully saturated rings. The van der Waals surface area contributed by atoms with Crippen LogP contribution in [0.4, 0.5) is 0 Å². The van der Waals surface area contributed by atoms with Gasteiger partial charge in [0.05, 0.1) is 0 Å². The predicted octanol–water partition coefficient (Wildman–Crippen LogP) is 2.16. The molecule has 1 atom stereocenters. The van der Waals surface area contributed by atoms with Crippen LogP contribution in [-0.4, -0.2) is 28.2 Å². The highest BCUT2D eigenvalue weighted by molar-refractivity contribution is 5.98. The molecule has 1 unspecified atom stereocenters. The maximum absolute atomic E-state index is 12.3. The number of fused-ring (bicyclic) bond motifs is 1. The summed E-state index contributed by atoms with van der Waals surface area (Å²) in [5, 5.41) is 12.9. The summed E-state index contributed by atoms with van der Waals surface area (Å²) >= 11 is 0. The minimum atomic E-state index is -0.0843. The molecule has 2 N–H and O–H groups in total. The van der Waals surface area contributed by atoms with Gasteiger partial charge in [0.15, 0.2) is 0 Å². The number of aromatic nitrogens is 1. The molecule has 4 heteroatoms. The van der Waals surface area contributed by atoms with E-state index >= 15 is 0 Å². The Labute approximate surface area is 113 Å². The second-order valence-electron chi connectivity index (χ2n) is 4.72. The zero-order valence-electron chi connectivity index (χ0n) is 11.4. The molecule has 1 aromatic heterocycles. The third-order valence-corrected chi connectivity index (χ3v) is 3.30. The molecule has 2 aromatic rings. The summed E-state index contributed by atoms with van der Waals surface area (Å²) in [7, 11) is 0. The lowest BCUT2D eigenvalue weighted by Crippen LogP contribution is -2.34. The highest BCUT2D eigenvalue weighted by atomic mass is 16.3. The second-order valence-corrected chi connectivity index (χ2v) is 4.72. The second kappa shape index (κ2) is 5.89. The number of rotatable bonds is 5. The number of carbonyl (C=O) groups is 1. The van der Waals surface area contributed by atoms with Crippen LogP contribution in [0.5, 0.6) is 0 Å². The van der Waals surface area contributed by atoms with Gasteiger partial charge in [-0.25, -0.2) is 0 Å². The fourth-order valence-corrected chi connectivity index (χ4v) is 2.30. The van der Waals surface area contributed by atoms with Crippen LogP contribution in [0.25, 0.3) is 10.9 Å². The molecule has 0 aliphatic carbocycles. The molecular weight excluding hydrogens is 240 g/mol. The van der Waals surface area contributed by atoms with Crippen LogP contribution in [0.1, 0.15) is 30.8 Å². The van der Waals surface area contributed by atoms with Crippen molar-refractivity contribution >= 4 is 16.8 Å². The van der Waals surface area contributed by atoms with Gasteiger partial charge in [-0.05, 0) is 32.4 Å². The van der Waals surface area contributed by atoms with Gasteiger partial charge in [0, 0.05) is 30.1 Å². The summed E-state index contributed by atoms with van der Waals surface area (Å²) in [6.07, 6.45) is 0.568. The lowest BCUT2D eigenvalue weighted by molar-refractivity contribution is 0.0925. The minimum absolute atomic E-state index is 0.0270. The Morgan fingerprint density at radius 2 is 2.16 bits per heavy atom. The van der Waals surface area contributed by atoms with E-state index in [-0.39, 0.29) is 18.6 Å².